The number of alkyl halides is 5. The van der Waals surface area contributed by atoms with E-state index in [9.17, 15) is 26.7 Å². The number of rotatable bonds is 8. The Morgan fingerprint density at radius 1 is 1.30 bits per heavy atom. The van der Waals surface area contributed by atoms with Crippen molar-refractivity contribution in [2.45, 2.75) is 56.0 Å². The van der Waals surface area contributed by atoms with E-state index in [0.717, 1.165) is 4.90 Å². The summed E-state index contributed by atoms with van der Waals surface area (Å²) in [6.45, 7) is 0.00409. The smallest absolute Gasteiger partial charge is 0.382 e. The predicted molar refractivity (Wildman–Crippen MR) is 105 cm³/mol. The summed E-state index contributed by atoms with van der Waals surface area (Å²) in [6.07, 6.45) is -2.12. The van der Waals surface area contributed by atoms with Crippen LogP contribution in [0.5, 0.6) is 0 Å². The van der Waals surface area contributed by atoms with Gasteiger partial charge in [0.05, 0.1) is 49.9 Å². The van der Waals surface area contributed by atoms with Gasteiger partial charge in [-0.3, -0.25) is 0 Å². The van der Waals surface area contributed by atoms with Gasteiger partial charge >= 0.3 is 12.2 Å². The van der Waals surface area contributed by atoms with Crippen molar-refractivity contribution in [2.75, 3.05) is 26.8 Å². The quantitative estimate of drug-likeness (QED) is 0.591. The Morgan fingerprint density at radius 2 is 2.03 bits per heavy atom. The third-order valence-corrected chi connectivity index (χ3v) is 5.78. The van der Waals surface area contributed by atoms with Gasteiger partial charge < -0.3 is 19.7 Å². The van der Waals surface area contributed by atoms with E-state index in [1.807, 2.05) is 0 Å². The molecule has 1 aliphatic carbocycles. The highest BCUT2D eigenvalue weighted by atomic mass is 19.4. The summed E-state index contributed by atoms with van der Waals surface area (Å²) in [5.41, 5.74) is -0.804. The molecule has 1 N–H and O–H groups in total. The minimum absolute atomic E-state index is 0.0423. The maximum atomic E-state index is 13.9. The van der Waals surface area contributed by atoms with E-state index in [0.29, 0.717) is 16.9 Å². The topological polar surface area (TPSA) is 81.0 Å². The van der Waals surface area contributed by atoms with Gasteiger partial charge in [0.1, 0.15) is 0 Å². The highest BCUT2D eigenvalue weighted by molar-refractivity contribution is 5.76. The van der Waals surface area contributed by atoms with E-state index in [2.05, 4.69) is 15.4 Å². The average molecular weight is 477 g/mol. The summed E-state index contributed by atoms with van der Waals surface area (Å²) in [6, 6.07) is 0.114. The molecule has 182 valence electrons. The molecule has 2 aromatic heterocycles. The summed E-state index contributed by atoms with van der Waals surface area (Å²) >= 11 is 0. The molecule has 2 fully saturated rings. The van der Waals surface area contributed by atoms with Crippen LogP contribution >= 0.6 is 0 Å². The predicted octanol–water partition coefficient (Wildman–Crippen LogP) is 3.12. The lowest BCUT2D eigenvalue weighted by Crippen LogP contribution is -2.58. The number of ether oxygens (including phenoxy) is 2. The minimum Gasteiger partial charge on any atom is -0.382 e. The van der Waals surface area contributed by atoms with Crippen LogP contribution in [-0.2, 0) is 15.9 Å². The van der Waals surface area contributed by atoms with Gasteiger partial charge in [-0.25, -0.2) is 23.1 Å². The standard InChI is InChI=1S/C20H24F5N5O3/c1-12(33-18(3-4-18)20(23,24)25)5-14-8-30-16(28-14)6-13(7-27-30)15(9-32-2)29-11-19(21,22)10-26-17(29)31/h6-8,12,15H,3-5,9-11H2,1-2H3,(H,26,31)/t12?,15-/m1/s1. The molecule has 1 saturated carbocycles. The monoisotopic (exact) mass is 477 g/mol. The van der Waals surface area contributed by atoms with Gasteiger partial charge in [-0.15, -0.1) is 0 Å². The second-order valence-electron chi connectivity index (χ2n) is 8.56. The van der Waals surface area contributed by atoms with Crippen LogP contribution < -0.4 is 5.32 Å². The third kappa shape index (κ3) is 4.88. The number of methoxy groups -OCH3 is 1. The second kappa shape index (κ2) is 8.35. The van der Waals surface area contributed by atoms with Crippen LogP contribution in [0.1, 0.15) is 37.1 Å². The van der Waals surface area contributed by atoms with Crippen LogP contribution in [0, 0.1) is 0 Å². The molecule has 3 heterocycles. The molecular weight excluding hydrogens is 453 g/mol. The molecule has 13 heteroatoms. The number of imidazole rings is 1. The van der Waals surface area contributed by atoms with Gasteiger partial charge in [-0.2, -0.15) is 18.3 Å². The van der Waals surface area contributed by atoms with Crippen LogP contribution in [0.4, 0.5) is 26.7 Å². The number of nitrogens with one attached hydrogen (secondary N) is 1. The molecule has 4 rings (SSSR count). The molecule has 1 unspecified atom stereocenters. The molecule has 2 aromatic rings. The van der Waals surface area contributed by atoms with Gasteiger partial charge in [0.15, 0.2) is 11.2 Å². The highest BCUT2D eigenvalue weighted by Crippen LogP contribution is 2.52. The maximum absolute atomic E-state index is 13.9. The van der Waals surface area contributed by atoms with Crippen LogP contribution in [0.15, 0.2) is 18.5 Å². The van der Waals surface area contributed by atoms with E-state index in [1.165, 1.54) is 17.8 Å². The van der Waals surface area contributed by atoms with Crippen molar-refractivity contribution in [2.24, 2.45) is 0 Å². The maximum Gasteiger partial charge on any atom is 0.417 e. The van der Waals surface area contributed by atoms with Gasteiger partial charge in [0.25, 0.3) is 5.92 Å². The number of fused-ring (bicyclic) bond motifs is 1. The fourth-order valence-electron chi connectivity index (χ4n) is 3.98. The normalized spacial score (nSPS) is 21.7. The Labute approximate surface area is 186 Å². The molecular formula is C20H24F5N5O3. The van der Waals surface area contributed by atoms with Crippen LogP contribution in [0.2, 0.25) is 0 Å². The summed E-state index contributed by atoms with van der Waals surface area (Å²) in [5, 5.41) is 6.40. The second-order valence-corrected chi connectivity index (χ2v) is 8.56. The molecule has 0 radical (unpaired) electrons. The van der Waals surface area contributed by atoms with Crippen molar-refractivity contribution in [3.05, 3.63) is 29.7 Å². The number of carbonyl (C=O) groups is 1. The SMILES string of the molecule is COC[C@H](c1cnn2cc(CC(C)OC3(C(F)(F)F)CC3)nc2c1)N1CC(F)(F)CNC1=O. The molecule has 0 aromatic carbocycles. The lowest BCUT2D eigenvalue weighted by molar-refractivity contribution is -0.246. The zero-order chi connectivity index (χ0) is 24.0. The average Bonchev–Trinajstić information content (AvgIpc) is 3.40. The summed E-state index contributed by atoms with van der Waals surface area (Å²) in [4.78, 5) is 17.6. The Morgan fingerprint density at radius 3 is 2.67 bits per heavy atom. The Bertz CT molecular complexity index is 1020. The van der Waals surface area contributed by atoms with Gasteiger partial charge in [0.2, 0.25) is 0 Å². The lowest BCUT2D eigenvalue weighted by Gasteiger charge is -2.38. The van der Waals surface area contributed by atoms with E-state index in [1.54, 1.807) is 19.2 Å². The molecule has 1 aliphatic heterocycles. The molecule has 0 spiro atoms. The molecule has 33 heavy (non-hydrogen) atoms. The number of nitrogens with zero attached hydrogens (tertiary/aromatic N) is 4. The third-order valence-electron chi connectivity index (χ3n) is 5.78. The van der Waals surface area contributed by atoms with E-state index >= 15 is 0 Å². The zero-order valence-electron chi connectivity index (χ0n) is 18.0. The van der Waals surface area contributed by atoms with Crippen LogP contribution in [-0.4, -0.2) is 76.1 Å². The van der Waals surface area contributed by atoms with Crippen LogP contribution in [0.25, 0.3) is 5.65 Å². The summed E-state index contributed by atoms with van der Waals surface area (Å²) < 4.78 is 79.1. The first kappa shape index (κ1) is 23.6. The molecule has 2 aliphatic rings. The Balaban J connectivity index is 1.52. The van der Waals surface area contributed by atoms with Crippen molar-refractivity contribution >= 4 is 11.7 Å². The van der Waals surface area contributed by atoms with Crippen molar-refractivity contribution in [3.8, 4) is 0 Å². The Kier molecular flexibility index (Phi) is 5.97. The minimum atomic E-state index is -4.41. The number of halogens is 5. The first-order chi connectivity index (χ1) is 15.4. The number of hydrogen-bond donors (Lipinski definition) is 1. The molecule has 8 nitrogen and oxygen atoms in total. The zero-order valence-corrected chi connectivity index (χ0v) is 18.0. The summed E-state index contributed by atoms with van der Waals surface area (Å²) in [7, 11) is 1.39. The van der Waals surface area contributed by atoms with Crippen molar-refractivity contribution in [1.29, 1.82) is 0 Å². The first-order valence-corrected chi connectivity index (χ1v) is 10.4. The molecule has 2 amide bonds. The fourth-order valence-corrected chi connectivity index (χ4v) is 3.98. The van der Waals surface area contributed by atoms with Gasteiger partial charge in [0, 0.05) is 19.1 Å². The largest absolute Gasteiger partial charge is 0.417 e. The summed E-state index contributed by atoms with van der Waals surface area (Å²) in [5.74, 6) is -3.09. The number of urea groups is 1. The highest BCUT2D eigenvalue weighted by Gasteiger charge is 2.65. The number of amides is 2. The van der Waals surface area contributed by atoms with Gasteiger partial charge in [-0.1, -0.05) is 0 Å². The number of hydrogen-bond acceptors (Lipinski definition) is 5. The first-order valence-electron chi connectivity index (χ1n) is 10.4. The molecule has 0 bridgehead atoms. The van der Waals surface area contributed by atoms with Crippen molar-refractivity contribution in [3.63, 3.8) is 0 Å². The van der Waals surface area contributed by atoms with Gasteiger partial charge in [-0.05, 0) is 25.8 Å². The lowest BCUT2D eigenvalue weighted by atomic mass is 10.1. The van der Waals surface area contributed by atoms with E-state index < -0.39 is 49.0 Å². The fraction of sp³-hybridized carbons (Fsp3) is 0.650. The number of aromatic nitrogens is 3. The van der Waals surface area contributed by atoms with Crippen molar-refractivity contribution in [1.82, 2.24) is 24.8 Å². The van der Waals surface area contributed by atoms with E-state index in [-0.39, 0.29) is 25.9 Å². The molecule has 2 atom stereocenters. The van der Waals surface area contributed by atoms with E-state index in [4.69, 9.17) is 9.47 Å². The number of carbonyl (C=O) groups excluding carboxylic acids is 1. The molecule has 1 saturated heterocycles. The van der Waals surface area contributed by atoms with Crippen LogP contribution in [0.3, 0.4) is 0 Å². The van der Waals surface area contributed by atoms with Crippen molar-refractivity contribution < 1.29 is 36.2 Å². The Hall–Kier alpha value is -2.54.